The molecule has 3 nitrogen and oxygen atoms in total. The average molecular weight is 255 g/mol. The molecule has 0 radical (unpaired) electrons. The summed E-state index contributed by atoms with van der Waals surface area (Å²) in [5, 5.41) is 3.18. The second-order valence-electron chi connectivity index (χ2n) is 4.30. The molecule has 102 valence electrons. The summed E-state index contributed by atoms with van der Waals surface area (Å²) in [5.41, 5.74) is 0.879. The van der Waals surface area contributed by atoms with Crippen molar-refractivity contribution in [2.75, 3.05) is 20.3 Å². The Morgan fingerprint density at radius 2 is 2.11 bits per heavy atom. The van der Waals surface area contributed by atoms with Crippen LogP contribution in [0.5, 0.6) is 5.75 Å². The molecule has 1 unspecified atom stereocenters. The maximum Gasteiger partial charge on any atom is 0.127 e. The summed E-state index contributed by atoms with van der Waals surface area (Å²) in [6, 6.07) is 4.81. The third kappa shape index (κ3) is 5.47. The van der Waals surface area contributed by atoms with Gasteiger partial charge in [0, 0.05) is 26.3 Å². The number of hydrogen-bond donors (Lipinski definition) is 1. The van der Waals surface area contributed by atoms with Crippen LogP contribution in [0.4, 0.5) is 4.39 Å². The number of nitrogens with one attached hydrogen (secondary N) is 1. The van der Waals surface area contributed by atoms with Crippen molar-refractivity contribution < 1.29 is 13.9 Å². The third-order valence-corrected chi connectivity index (χ3v) is 2.66. The standard InChI is InChI=1S/C14H22FNO2/c1-4-11(2)18-14-8-12(7-13(15)9-14)10-16-5-6-17-3/h7-9,11,16H,4-6,10H2,1-3H3. The molecule has 0 spiro atoms. The molecule has 0 heterocycles. The minimum absolute atomic E-state index is 0.0982. The van der Waals surface area contributed by atoms with Crippen molar-refractivity contribution in [1.82, 2.24) is 5.32 Å². The fourth-order valence-corrected chi connectivity index (χ4v) is 1.51. The minimum atomic E-state index is -0.264. The third-order valence-electron chi connectivity index (χ3n) is 2.66. The summed E-state index contributed by atoms with van der Waals surface area (Å²) in [7, 11) is 1.65. The quantitative estimate of drug-likeness (QED) is 0.725. The molecule has 1 atom stereocenters. The summed E-state index contributed by atoms with van der Waals surface area (Å²) < 4.78 is 24.0. The molecule has 1 aromatic rings. The molecule has 0 amide bonds. The molecule has 0 saturated carbocycles. The second kappa shape index (κ2) is 8.06. The smallest absolute Gasteiger partial charge is 0.127 e. The second-order valence-corrected chi connectivity index (χ2v) is 4.30. The first-order valence-electron chi connectivity index (χ1n) is 6.31. The molecule has 0 bridgehead atoms. The van der Waals surface area contributed by atoms with E-state index in [9.17, 15) is 4.39 Å². The Labute approximate surface area is 108 Å². The van der Waals surface area contributed by atoms with Crippen LogP contribution in [0.2, 0.25) is 0 Å². The van der Waals surface area contributed by atoms with Crippen LogP contribution >= 0.6 is 0 Å². The van der Waals surface area contributed by atoms with Gasteiger partial charge in [0.2, 0.25) is 0 Å². The number of halogens is 1. The van der Waals surface area contributed by atoms with Crippen molar-refractivity contribution >= 4 is 0 Å². The van der Waals surface area contributed by atoms with Crippen LogP contribution in [-0.4, -0.2) is 26.4 Å². The number of ether oxygens (including phenoxy) is 2. The van der Waals surface area contributed by atoms with Crippen molar-refractivity contribution in [1.29, 1.82) is 0 Å². The lowest BCUT2D eigenvalue weighted by Crippen LogP contribution is -2.18. The van der Waals surface area contributed by atoms with Crippen LogP contribution in [0.25, 0.3) is 0 Å². The SMILES string of the molecule is CCC(C)Oc1cc(F)cc(CNCCOC)c1. The van der Waals surface area contributed by atoms with Crippen LogP contribution in [-0.2, 0) is 11.3 Å². The molecule has 0 aliphatic carbocycles. The summed E-state index contributed by atoms with van der Waals surface area (Å²) >= 11 is 0. The minimum Gasteiger partial charge on any atom is -0.491 e. The van der Waals surface area contributed by atoms with Gasteiger partial charge in [-0.25, -0.2) is 4.39 Å². The van der Waals surface area contributed by atoms with Gasteiger partial charge in [-0.05, 0) is 31.0 Å². The number of hydrogen-bond acceptors (Lipinski definition) is 3. The summed E-state index contributed by atoms with van der Waals surface area (Å²) in [6.07, 6.45) is 0.999. The van der Waals surface area contributed by atoms with E-state index in [0.29, 0.717) is 18.9 Å². The lowest BCUT2D eigenvalue weighted by Gasteiger charge is -2.14. The molecule has 0 saturated heterocycles. The van der Waals surface area contributed by atoms with Crippen molar-refractivity contribution in [2.24, 2.45) is 0 Å². The van der Waals surface area contributed by atoms with Crippen molar-refractivity contribution in [3.05, 3.63) is 29.6 Å². The summed E-state index contributed by atoms with van der Waals surface area (Å²) in [4.78, 5) is 0. The topological polar surface area (TPSA) is 30.5 Å². The van der Waals surface area contributed by atoms with Gasteiger partial charge in [-0.2, -0.15) is 0 Å². The Balaban J connectivity index is 2.57. The maximum absolute atomic E-state index is 13.4. The van der Waals surface area contributed by atoms with Gasteiger partial charge in [0.05, 0.1) is 12.7 Å². The highest BCUT2D eigenvalue weighted by Crippen LogP contribution is 2.18. The van der Waals surface area contributed by atoms with Crippen molar-refractivity contribution in [3.63, 3.8) is 0 Å². The van der Waals surface area contributed by atoms with E-state index in [1.165, 1.54) is 12.1 Å². The van der Waals surface area contributed by atoms with Gasteiger partial charge in [-0.1, -0.05) is 6.92 Å². The molecular formula is C14H22FNO2. The van der Waals surface area contributed by atoms with Gasteiger partial charge in [0.1, 0.15) is 11.6 Å². The Hall–Kier alpha value is -1.13. The largest absolute Gasteiger partial charge is 0.491 e. The van der Waals surface area contributed by atoms with Gasteiger partial charge in [0.25, 0.3) is 0 Å². The van der Waals surface area contributed by atoms with Gasteiger partial charge in [-0.15, -0.1) is 0 Å². The van der Waals surface area contributed by atoms with E-state index in [-0.39, 0.29) is 11.9 Å². The molecule has 4 heteroatoms. The van der Waals surface area contributed by atoms with Crippen LogP contribution in [0.15, 0.2) is 18.2 Å². The highest BCUT2D eigenvalue weighted by atomic mass is 19.1. The Kier molecular flexibility index (Phi) is 6.68. The Morgan fingerprint density at radius 3 is 2.78 bits per heavy atom. The first kappa shape index (κ1) is 14.9. The van der Waals surface area contributed by atoms with E-state index >= 15 is 0 Å². The fourth-order valence-electron chi connectivity index (χ4n) is 1.51. The Morgan fingerprint density at radius 1 is 1.33 bits per heavy atom. The van der Waals surface area contributed by atoms with Gasteiger partial charge in [-0.3, -0.25) is 0 Å². The Bertz CT molecular complexity index is 358. The van der Waals surface area contributed by atoms with E-state index in [4.69, 9.17) is 9.47 Å². The first-order valence-corrected chi connectivity index (χ1v) is 6.31. The fraction of sp³-hybridized carbons (Fsp3) is 0.571. The van der Waals surface area contributed by atoms with E-state index in [0.717, 1.165) is 18.5 Å². The molecule has 0 aliphatic rings. The van der Waals surface area contributed by atoms with Crippen molar-refractivity contribution in [2.45, 2.75) is 32.9 Å². The highest BCUT2D eigenvalue weighted by Gasteiger charge is 2.05. The zero-order chi connectivity index (χ0) is 13.4. The molecule has 18 heavy (non-hydrogen) atoms. The summed E-state index contributed by atoms with van der Waals surface area (Å²) in [5.74, 6) is 0.326. The number of rotatable bonds is 8. The van der Waals surface area contributed by atoms with Crippen molar-refractivity contribution in [3.8, 4) is 5.75 Å². The van der Waals surface area contributed by atoms with E-state index in [2.05, 4.69) is 5.32 Å². The van der Waals surface area contributed by atoms with Gasteiger partial charge < -0.3 is 14.8 Å². The highest BCUT2D eigenvalue weighted by molar-refractivity contribution is 5.29. The summed E-state index contributed by atoms with van der Waals surface area (Å²) in [6.45, 7) is 6.01. The van der Waals surface area contributed by atoms with E-state index in [1.807, 2.05) is 19.9 Å². The average Bonchev–Trinajstić information content (AvgIpc) is 2.34. The number of benzene rings is 1. The van der Waals surface area contributed by atoms with Crippen LogP contribution < -0.4 is 10.1 Å². The molecule has 0 aliphatic heterocycles. The normalized spacial score (nSPS) is 12.4. The molecular weight excluding hydrogens is 233 g/mol. The zero-order valence-electron chi connectivity index (χ0n) is 11.3. The maximum atomic E-state index is 13.4. The van der Waals surface area contributed by atoms with Gasteiger partial charge in [0.15, 0.2) is 0 Å². The zero-order valence-corrected chi connectivity index (χ0v) is 11.3. The van der Waals surface area contributed by atoms with Crippen LogP contribution in [0, 0.1) is 5.82 Å². The van der Waals surface area contributed by atoms with E-state index < -0.39 is 0 Å². The number of methoxy groups -OCH3 is 1. The predicted molar refractivity (Wildman–Crippen MR) is 70.4 cm³/mol. The molecule has 0 fully saturated rings. The van der Waals surface area contributed by atoms with Gasteiger partial charge >= 0.3 is 0 Å². The molecule has 1 rings (SSSR count). The lowest BCUT2D eigenvalue weighted by molar-refractivity contribution is 0.199. The lowest BCUT2D eigenvalue weighted by atomic mass is 10.2. The molecule has 0 aromatic heterocycles. The van der Waals surface area contributed by atoms with Crippen LogP contribution in [0.1, 0.15) is 25.8 Å². The van der Waals surface area contributed by atoms with E-state index in [1.54, 1.807) is 7.11 Å². The monoisotopic (exact) mass is 255 g/mol. The molecule has 1 aromatic carbocycles. The molecule has 1 N–H and O–H groups in total. The first-order chi connectivity index (χ1) is 8.65. The van der Waals surface area contributed by atoms with Crippen LogP contribution in [0.3, 0.4) is 0 Å². The predicted octanol–water partition coefficient (Wildman–Crippen LogP) is 2.74.